The first-order valence-electron chi connectivity index (χ1n) is 13.6. The topological polar surface area (TPSA) is 105 Å². The van der Waals surface area contributed by atoms with Crippen molar-refractivity contribution in [3.8, 4) is 11.5 Å². The Kier molecular flexibility index (Phi) is 11.4. The van der Waals surface area contributed by atoms with Crippen LogP contribution in [0.1, 0.15) is 38.3 Å². The SMILES string of the molecule is CC[C@@H](C(=O)NC(C)C)N(Cc1cccc(OC)c1)C(=O)CN(c1ccc(C)cc1)S(=O)(=O)c1ccc(OC)c(Br)c1. The van der Waals surface area contributed by atoms with Crippen LogP contribution < -0.4 is 19.1 Å². The Morgan fingerprint density at radius 3 is 2.24 bits per heavy atom. The van der Waals surface area contributed by atoms with Crippen LogP contribution in [0.5, 0.6) is 11.5 Å². The van der Waals surface area contributed by atoms with E-state index in [0.29, 0.717) is 28.1 Å². The van der Waals surface area contributed by atoms with E-state index in [9.17, 15) is 18.0 Å². The van der Waals surface area contributed by atoms with Crippen molar-refractivity contribution in [3.63, 3.8) is 0 Å². The number of anilines is 1. The Labute approximate surface area is 257 Å². The molecule has 0 radical (unpaired) electrons. The van der Waals surface area contributed by atoms with Crippen LogP contribution in [0, 0.1) is 6.92 Å². The molecule has 0 saturated heterocycles. The second kappa shape index (κ2) is 14.6. The van der Waals surface area contributed by atoms with Crippen molar-refractivity contribution >= 4 is 43.5 Å². The van der Waals surface area contributed by atoms with Gasteiger partial charge in [0.15, 0.2) is 0 Å². The number of nitrogens with zero attached hydrogens (tertiary/aromatic N) is 2. The summed E-state index contributed by atoms with van der Waals surface area (Å²) in [4.78, 5) is 28.9. The van der Waals surface area contributed by atoms with Gasteiger partial charge in [-0.2, -0.15) is 0 Å². The highest BCUT2D eigenvalue weighted by molar-refractivity contribution is 9.10. The molecule has 0 aliphatic carbocycles. The quantitative estimate of drug-likeness (QED) is 0.267. The van der Waals surface area contributed by atoms with E-state index < -0.39 is 28.5 Å². The first-order chi connectivity index (χ1) is 19.9. The van der Waals surface area contributed by atoms with E-state index in [2.05, 4.69) is 21.2 Å². The van der Waals surface area contributed by atoms with Gasteiger partial charge in [-0.05, 0) is 91.1 Å². The minimum absolute atomic E-state index is 0.0208. The zero-order valence-electron chi connectivity index (χ0n) is 24.8. The van der Waals surface area contributed by atoms with Crippen molar-refractivity contribution in [3.05, 3.63) is 82.3 Å². The molecule has 9 nitrogen and oxygen atoms in total. The number of sulfonamides is 1. The van der Waals surface area contributed by atoms with Crippen LogP contribution in [0.4, 0.5) is 5.69 Å². The van der Waals surface area contributed by atoms with Gasteiger partial charge in [-0.1, -0.05) is 36.8 Å². The second-order valence-corrected chi connectivity index (χ2v) is 12.8. The van der Waals surface area contributed by atoms with E-state index in [4.69, 9.17) is 9.47 Å². The van der Waals surface area contributed by atoms with Gasteiger partial charge in [0.1, 0.15) is 24.1 Å². The fraction of sp³-hybridized carbons (Fsp3) is 0.355. The van der Waals surface area contributed by atoms with E-state index in [0.717, 1.165) is 15.4 Å². The summed E-state index contributed by atoms with van der Waals surface area (Å²) in [5, 5.41) is 2.90. The van der Waals surface area contributed by atoms with Gasteiger partial charge in [0.2, 0.25) is 11.8 Å². The van der Waals surface area contributed by atoms with E-state index in [1.807, 2.05) is 33.8 Å². The lowest BCUT2D eigenvalue weighted by Crippen LogP contribution is -2.53. The smallest absolute Gasteiger partial charge is 0.264 e. The lowest BCUT2D eigenvalue weighted by Gasteiger charge is -2.33. The zero-order chi connectivity index (χ0) is 31.0. The lowest BCUT2D eigenvalue weighted by molar-refractivity contribution is -0.140. The molecule has 0 fully saturated rings. The summed E-state index contributed by atoms with van der Waals surface area (Å²) in [7, 11) is -1.18. The number of benzene rings is 3. The largest absolute Gasteiger partial charge is 0.497 e. The number of hydrogen-bond donors (Lipinski definition) is 1. The molecule has 0 saturated carbocycles. The molecular formula is C31H38BrN3O6S. The van der Waals surface area contributed by atoms with Crippen LogP contribution in [-0.4, -0.2) is 58.0 Å². The summed E-state index contributed by atoms with van der Waals surface area (Å²) in [5.74, 6) is 0.236. The summed E-state index contributed by atoms with van der Waals surface area (Å²) in [6.45, 7) is 6.96. The lowest BCUT2D eigenvalue weighted by atomic mass is 10.1. The van der Waals surface area contributed by atoms with Crippen LogP contribution in [-0.2, 0) is 26.2 Å². The van der Waals surface area contributed by atoms with E-state index >= 15 is 0 Å². The van der Waals surface area contributed by atoms with Crippen LogP contribution in [0.3, 0.4) is 0 Å². The Balaban J connectivity index is 2.09. The standard InChI is InChI=1S/C31H38BrN3O6S/c1-7-28(31(37)33-21(2)3)34(19-23-9-8-10-25(17-23)40-5)30(36)20-35(24-13-11-22(4)12-14-24)42(38,39)26-15-16-29(41-6)27(32)18-26/h8-18,21,28H,7,19-20H2,1-6H3,(H,33,37)/t28-/m0/s1. The molecule has 0 unspecified atom stereocenters. The molecule has 1 atom stereocenters. The molecule has 3 aromatic carbocycles. The normalized spacial score (nSPS) is 12.0. The van der Waals surface area contributed by atoms with Crippen molar-refractivity contribution in [2.24, 2.45) is 0 Å². The number of ether oxygens (including phenoxy) is 2. The van der Waals surface area contributed by atoms with E-state index in [1.54, 1.807) is 55.6 Å². The summed E-state index contributed by atoms with van der Waals surface area (Å²) in [6, 6.07) is 17.6. The van der Waals surface area contributed by atoms with Crippen LogP contribution in [0.15, 0.2) is 76.1 Å². The Morgan fingerprint density at radius 2 is 1.67 bits per heavy atom. The fourth-order valence-corrected chi connectivity index (χ4v) is 6.58. The number of hydrogen-bond acceptors (Lipinski definition) is 6. The average molecular weight is 661 g/mol. The highest BCUT2D eigenvalue weighted by atomic mass is 79.9. The third-order valence-corrected chi connectivity index (χ3v) is 9.01. The van der Waals surface area contributed by atoms with Crippen LogP contribution >= 0.6 is 15.9 Å². The highest BCUT2D eigenvalue weighted by Gasteiger charge is 2.34. The molecule has 0 aromatic heterocycles. The van der Waals surface area contributed by atoms with E-state index in [-0.39, 0.29) is 23.4 Å². The molecule has 3 aromatic rings. The molecule has 11 heteroatoms. The predicted octanol–water partition coefficient (Wildman–Crippen LogP) is 5.30. The molecule has 42 heavy (non-hydrogen) atoms. The molecule has 2 amide bonds. The third kappa shape index (κ3) is 8.04. The average Bonchev–Trinajstić information content (AvgIpc) is 2.95. The molecule has 0 bridgehead atoms. The molecule has 1 N–H and O–H groups in total. The maximum atomic E-state index is 14.2. The van der Waals surface area contributed by atoms with Gasteiger partial charge in [0.05, 0.1) is 29.3 Å². The molecule has 0 aliphatic heterocycles. The van der Waals surface area contributed by atoms with Gasteiger partial charge in [-0.25, -0.2) is 8.42 Å². The van der Waals surface area contributed by atoms with Gasteiger partial charge in [0, 0.05) is 12.6 Å². The fourth-order valence-electron chi connectivity index (χ4n) is 4.44. The number of methoxy groups -OCH3 is 2. The zero-order valence-corrected chi connectivity index (χ0v) is 27.2. The van der Waals surface area contributed by atoms with Crippen molar-refractivity contribution < 1.29 is 27.5 Å². The van der Waals surface area contributed by atoms with Crippen LogP contribution in [0.25, 0.3) is 0 Å². The predicted molar refractivity (Wildman–Crippen MR) is 167 cm³/mol. The van der Waals surface area contributed by atoms with Gasteiger partial charge in [-0.15, -0.1) is 0 Å². The number of carbonyl (C=O) groups is 2. The maximum absolute atomic E-state index is 14.2. The molecule has 226 valence electrons. The van der Waals surface area contributed by atoms with Crippen molar-refractivity contribution in [1.29, 1.82) is 0 Å². The molecule has 0 aliphatic rings. The van der Waals surface area contributed by atoms with Crippen LogP contribution in [0.2, 0.25) is 0 Å². The molecule has 0 spiro atoms. The number of halogens is 1. The van der Waals surface area contributed by atoms with Crippen molar-refractivity contribution in [1.82, 2.24) is 10.2 Å². The summed E-state index contributed by atoms with van der Waals surface area (Å²) >= 11 is 3.36. The molecule has 3 rings (SSSR count). The summed E-state index contributed by atoms with van der Waals surface area (Å²) in [6.07, 6.45) is 0.330. The number of nitrogens with one attached hydrogen (secondary N) is 1. The van der Waals surface area contributed by atoms with E-state index in [1.165, 1.54) is 24.1 Å². The minimum Gasteiger partial charge on any atom is -0.497 e. The maximum Gasteiger partial charge on any atom is 0.264 e. The highest BCUT2D eigenvalue weighted by Crippen LogP contribution is 2.31. The van der Waals surface area contributed by atoms with Gasteiger partial charge < -0.3 is 19.7 Å². The monoisotopic (exact) mass is 659 g/mol. The molecule has 0 heterocycles. The van der Waals surface area contributed by atoms with Crippen molar-refractivity contribution in [2.45, 2.75) is 57.6 Å². The summed E-state index contributed by atoms with van der Waals surface area (Å²) in [5.41, 5.74) is 2.00. The minimum atomic E-state index is -4.22. The first kappa shape index (κ1) is 32.9. The Bertz CT molecular complexity index is 1490. The van der Waals surface area contributed by atoms with Crippen molar-refractivity contribution in [2.75, 3.05) is 25.1 Å². The number of carbonyl (C=O) groups excluding carboxylic acids is 2. The first-order valence-corrected chi connectivity index (χ1v) is 15.8. The van der Waals surface area contributed by atoms with Gasteiger partial charge >= 0.3 is 0 Å². The molecular weight excluding hydrogens is 622 g/mol. The third-order valence-electron chi connectivity index (χ3n) is 6.62. The number of amides is 2. The summed E-state index contributed by atoms with van der Waals surface area (Å²) < 4.78 is 40.3. The Hall–Kier alpha value is -3.57. The van der Waals surface area contributed by atoms with Gasteiger partial charge in [-0.3, -0.25) is 13.9 Å². The number of aryl methyl sites for hydroxylation is 1. The number of rotatable bonds is 13. The second-order valence-electron chi connectivity index (χ2n) is 10.1. The Morgan fingerprint density at radius 1 is 0.976 bits per heavy atom. The van der Waals surface area contributed by atoms with Gasteiger partial charge in [0.25, 0.3) is 10.0 Å².